The number of halogens is 3. The maximum Gasteiger partial charge on any atom is 0.160 e. The molecule has 1 aromatic carbocycles. The fourth-order valence-electron chi connectivity index (χ4n) is 1.77. The first kappa shape index (κ1) is 14.2. The normalized spacial score (nSPS) is 10.7. The van der Waals surface area contributed by atoms with E-state index >= 15 is 0 Å². The van der Waals surface area contributed by atoms with E-state index < -0.39 is 5.82 Å². The average Bonchev–Trinajstić information content (AvgIpc) is 2.81. The highest BCUT2D eigenvalue weighted by Gasteiger charge is 2.08. The summed E-state index contributed by atoms with van der Waals surface area (Å²) in [4.78, 5) is 0. The quantitative estimate of drug-likeness (QED) is 0.832. The van der Waals surface area contributed by atoms with Crippen molar-refractivity contribution in [1.82, 2.24) is 9.78 Å². The summed E-state index contributed by atoms with van der Waals surface area (Å²) in [5.41, 5.74) is 1.74. The molecule has 0 aliphatic rings. The number of hydrogen-bond donors (Lipinski definition) is 1. The van der Waals surface area contributed by atoms with E-state index in [0.717, 1.165) is 18.7 Å². The molecule has 2 rings (SSSR count). The molecule has 0 radical (unpaired) electrons. The van der Waals surface area contributed by atoms with Crippen molar-refractivity contribution in [2.45, 2.75) is 26.4 Å². The van der Waals surface area contributed by atoms with Gasteiger partial charge in [0.1, 0.15) is 0 Å². The van der Waals surface area contributed by atoms with E-state index in [4.69, 9.17) is 23.2 Å². The Morgan fingerprint density at radius 1 is 1.32 bits per heavy atom. The Hall–Kier alpha value is -1.26. The van der Waals surface area contributed by atoms with Crippen LogP contribution in [0.4, 0.5) is 10.1 Å². The third-order valence-corrected chi connectivity index (χ3v) is 3.25. The lowest BCUT2D eigenvalue weighted by Gasteiger charge is -2.10. The minimum Gasteiger partial charge on any atom is -0.379 e. The zero-order valence-corrected chi connectivity index (χ0v) is 12.0. The Bertz CT molecular complexity index is 546. The summed E-state index contributed by atoms with van der Waals surface area (Å²) >= 11 is 11.5. The predicted octanol–water partition coefficient (Wildman–Crippen LogP) is 4.35. The van der Waals surface area contributed by atoms with Crippen molar-refractivity contribution < 1.29 is 4.39 Å². The Labute approximate surface area is 121 Å². The molecule has 0 aliphatic heterocycles. The maximum absolute atomic E-state index is 13.3. The summed E-state index contributed by atoms with van der Waals surface area (Å²) in [6.45, 7) is 3.55. The highest BCUT2D eigenvalue weighted by Crippen LogP contribution is 2.27. The van der Waals surface area contributed by atoms with Crippen LogP contribution in [0.3, 0.4) is 0 Å². The number of aryl methyl sites for hydroxylation is 1. The van der Waals surface area contributed by atoms with Crippen molar-refractivity contribution in [3.8, 4) is 0 Å². The van der Waals surface area contributed by atoms with Gasteiger partial charge in [0.15, 0.2) is 5.82 Å². The third-order valence-electron chi connectivity index (χ3n) is 2.70. The zero-order chi connectivity index (χ0) is 13.8. The molecule has 2 aromatic rings. The van der Waals surface area contributed by atoms with Crippen LogP contribution in [0.15, 0.2) is 24.4 Å². The number of nitrogens with zero attached hydrogens (tertiary/aromatic N) is 2. The highest BCUT2D eigenvalue weighted by atomic mass is 35.5. The molecule has 0 spiro atoms. The molecule has 0 saturated carbocycles. The fraction of sp³-hybridized carbons (Fsp3) is 0.308. The van der Waals surface area contributed by atoms with Crippen LogP contribution in [0, 0.1) is 5.82 Å². The summed E-state index contributed by atoms with van der Waals surface area (Å²) in [5.74, 6) is -0.593. The molecule has 0 atom stereocenters. The van der Waals surface area contributed by atoms with Gasteiger partial charge in [-0.1, -0.05) is 30.1 Å². The molecule has 3 nitrogen and oxygen atoms in total. The van der Waals surface area contributed by atoms with E-state index in [1.807, 2.05) is 10.7 Å². The van der Waals surface area contributed by atoms with E-state index in [2.05, 4.69) is 17.3 Å². The van der Waals surface area contributed by atoms with Gasteiger partial charge in [-0.25, -0.2) is 4.39 Å². The van der Waals surface area contributed by atoms with Crippen LogP contribution in [0.5, 0.6) is 0 Å². The maximum atomic E-state index is 13.3. The molecule has 1 aromatic heterocycles. The second-order valence-corrected chi connectivity index (χ2v) is 4.97. The molecule has 1 heterocycles. The van der Waals surface area contributed by atoms with Crippen LogP contribution in [0.1, 0.15) is 19.0 Å². The Balaban J connectivity index is 2.08. The molecule has 0 unspecified atom stereocenters. The van der Waals surface area contributed by atoms with Crippen LogP contribution in [0.2, 0.25) is 10.0 Å². The van der Waals surface area contributed by atoms with Gasteiger partial charge in [0.25, 0.3) is 0 Å². The van der Waals surface area contributed by atoms with Crippen LogP contribution < -0.4 is 5.32 Å². The van der Waals surface area contributed by atoms with Crippen molar-refractivity contribution >= 4 is 28.9 Å². The Kier molecular flexibility index (Phi) is 4.66. The number of benzene rings is 1. The van der Waals surface area contributed by atoms with Gasteiger partial charge in [-0.05, 0) is 24.6 Å². The van der Waals surface area contributed by atoms with Gasteiger partial charge in [0.05, 0.1) is 22.3 Å². The second-order valence-electron chi connectivity index (χ2n) is 4.15. The lowest BCUT2D eigenvalue weighted by molar-refractivity contribution is 0.578. The van der Waals surface area contributed by atoms with Crippen LogP contribution >= 0.6 is 23.2 Å². The topological polar surface area (TPSA) is 29.9 Å². The summed E-state index contributed by atoms with van der Waals surface area (Å²) in [6.07, 6.45) is 2.78. The van der Waals surface area contributed by atoms with Crippen molar-refractivity contribution in [3.05, 3.63) is 46.0 Å². The van der Waals surface area contributed by atoms with E-state index in [1.54, 1.807) is 6.20 Å². The van der Waals surface area contributed by atoms with Crippen LogP contribution in [-0.4, -0.2) is 9.78 Å². The lowest BCUT2D eigenvalue weighted by Crippen LogP contribution is -2.09. The van der Waals surface area contributed by atoms with Crippen molar-refractivity contribution in [2.24, 2.45) is 0 Å². The monoisotopic (exact) mass is 301 g/mol. The van der Waals surface area contributed by atoms with E-state index in [-0.39, 0.29) is 10.0 Å². The van der Waals surface area contributed by atoms with Crippen LogP contribution in [-0.2, 0) is 13.1 Å². The molecule has 19 heavy (non-hydrogen) atoms. The number of anilines is 1. The largest absolute Gasteiger partial charge is 0.379 e. The molecule has 0 saturated heterocycles. The standard InChI is InChI=1S/C13H14Cl2FN3/c1-2-5-19-10(3-4-18-19)8-17-9-6-11(14)13(16)12(15)7-9/h3-4,6-7,17H,2,5,8H2,1H3. The van der Waals surface area contributed by atoms with Gasteiger partial charge in [-0.2, -0.15) is 5.10 Å². The van der Waals surface area contributed by atoms with Crippen molar-refractivity contribution in [2.75, 3.05) is 5.32 Å². The molecule has 102 valence electrons. The van der Waals surface area contributed by atoms with E-state index in [0.29, 0.717) is 12.2 Å². The SMILES string of the molecule is CCCn1nccc1CNc1cc(Cl)c(F)c(Cl)c1. The number of nitrogens with one attached hydrogen (secondary N) is 1. The second kappa shape index (κ2) is 6.26. The van der Waals surface area contributed by atoms with E-state index in [9.17, 15) is 4.39 Å². The van der Waals surface area contributed by atoms with Gasteiger partial charge in [0, 0.05) is 18.4 Å². The molecule has 6 heteroatoms. The first-order valence-electron chi connectivity index (χ1n) is 6.01. The summed E-state index contributed by atoms with van der Waals surface area (Å²) < 4.78 is 15.2. The van der Waals surface area contributed by atoms with Crippen molar-refractivity contribution in [3.63, 3.8) is 0 Å². The smallest absolute Gasteiger partial charge is 0.160 e. The minimum absolute atomic E-state index is 0.0112. The van der Waals surface area contributed by atoms with Gasteiger partial charge in [-0.3, -0.25) is 4.68 Å². The van der Waals surface area contributed by atoms with Gasteiger partial charge in [-0.15, -0.1) is 0 Å². The summed E-state index contributed by atoms with van der Waals surface area (Å²) in [6, 6.07) is 4.97. The first-order valence-corrected chi connectivity index (χ1v) is 6.76. The molecular weight excluding hydrogens is 288 g/mol. The van der Waals surface area contributed by atoms with Crippen molar-refractivity contribution in [1.29, 1.82) is 0 Å². The average molecular weight is 302 g/mol. The summed E-state index contributed by atoms with van der Waals surface area (Å²) in [7, 11) is 0. The molecule has 0 aliphatic carbocycles. The lowest BCUT2D eigenvalue weighted by atomic mass is 10.3. The minimum atomic E-state index is -0.593. The summed E-state index contributed by atoms with van der Waals surface area (Å²) in [5, 5.41) is 7.41. The zero-order valence-electron chi connectivity index (χ0n) is 10.5. The Morgan fingerprint density at radius 3 is 2.63 bits per heavy atom. The molecule has 0 amide bonds. The first-order chi connectivity index (χ1) is 9.11. The van der Waals surface area contributed by atoms with Gasteiger partial charge >= 0.3 is 0 Å². The van der Waals surface area contributed by atoms with E-state index in [1.165, 1.54) is 12.1 Å². The van der Waals surface area contributed by atoms with Gasteiger partial charge < -0.3 is 5.32 Å². The number of hydrogen-bond acceptors (Lipinski definition) is 2. The fourth-order valence-corrected chi connectivity index (χ4v) is 2.26. The number of aromatic nitrogens is 2. The predicted molar refractivity (Wildman–Crippen MR) is 76.3 cm³/mol. The third kappa shape index (κ3) is 3.39. The molecule has 0 fully saturated rings. The molecular formula is C13H14Cl2FN3. The highest BCUT2D eigenvalue weighted by molar-refractivity contribution is 6.35. The molecule has 0 bridgehead atoms. The number of rotatable bonds is 5. The molecule has 1 N–H and O–H groups in total. The Morgan fingerprint density at radius 2 is 2.00 bits per heavy atom. The van der Waals surface area contributed by atoms with Crippen LogP contribution in [0.25, 0.3) is 0 Å². The van der Waals surface area contributed by atoms with Gasteiger partial charge in [0.2, 0.25) is 0 Å².